The number of carbonyl (C=O) groups excluding carboxylic acids is 2. The van der Waals surface area contributed by atoms with Crippen molar-refractivity contribution in [2.75, 3.05) is 11.9 Å². The van der Waals surface area contributed by atoms with Gasteiger partial charge < -0.3 is 15.0 Å². The number of aromatic nitrogens is 1. The van der Waals surface area contributed by atoms with E-state index < -0.39 is 17.4 Å². The first-order valence-corrected chi connectivity index (χ1v) is 9.07. The van der Waals surface area contributed by atoms with Crippen molar-refractivity contribution in [1.82, 2.24) is 9.88 Å². The minimum atomic E-state index is -0.687. The monoisotopic (exact) mass is 361 g/mol. The van der Waals surface area contributed by atoms with Crippen molar-refractivity contribution in [1.29, 1.82) is 0 Å². The number of nitrogens with zero attached hydrogens (tertiary/aromatic N) is 2. The van der Waals surface area contributed by atoms with E-state index in [0.29, 0.717) is 13.1 Å². The number of anilines is 1. The molecule has 4 atom stereocenters. The Morgan fingerprint density at radius 3 is 2.78 bits per heavy atom. The van der Waals surface area contributed by atoms with E-state index in [2.05, 4.69) is 10.3 Å². The van der Waals surface area contributed by atoms with E-state index in [1.165, 1.54) is 0 Å². The summed E-state index contributed by atoms with van der Waals surface area (Å²) in [6.07, 6.45) is 6.99. The van der Waals surface area contributed by atoms with Crippen molar-refractivity contribution in [3.05, 3.63) is 72.6 Å². The summed E-state index contributed by atoms with van der Waals surface area (Å²) in [6, 6.07) is 13.1. The van der Waals surface area contributed by atoms with Gasteiger partial charge in [-0.15, -0.1) is 0 Å². The standard InChI is InChI=1S/C21H19N3O3/c25-19(23-15-4-2-1-3-5-15)17-16-6-9-21(27-16)13-24(20(26)18(17)21)12-14-7-10-22-11-8-14/h1-11,16-18H,12-13H2,(H,23,25)/t16-,17+,18+,21-/m1/s1. The van der Waals surface area contributed by atoms with Crippen LogP contribution in [0.2, 0.25) is 0 Å². The third-order valence-corrected chi connectivity index (χ3v) is 5.65. The Morgan fingerprint density at radius 1 is 1.22 bits per heavy atom. The average Bonchev–Trinajstić information content (AvgIpc) is 3.32. The molecule has 0 saturated carbocycles. The molecule has 6 heteroatoms. The second-order valence-electron chi connectivity index (χ2n) is 7.31. The molecule has 4 heterocycles. The highest BCUT2D eigenvalue weighted by molar-refractivity contribution is 5.99. The molecule has 3 aliphatic heterocycles. The molecule has 2 amide bonds. The van der Waals surface area contributed by atoms with Gasteiger partial charge >= 0.3 is 0 Å². The topological polar surface area (TPSA) is 71.5 Å². The van der Waals surface area contributed by atoms with Gasteiger partial charge in [0, 0.05) is 24.6 Å². The lowest BCUT2D eigenvalue weighted by Crippen LogP contribution is -2.41. The van der Waals surface area contributed by atoms with Gasteiger partial charge in [0.05, 0.1) is 24.5 Å². The number of benzene rings is 1. The number of rotatable bonds is 4. The molecule has 2 saturated heterocycles. The highest BCUT2D eigenvalue weighted by atomic mass is 16.5. The van der Waals surface area contributed by atoms with Gasteiger partial charge in [-0.3, -0.25) is 14.6 Å². The predicted molar refractivity (Wildman–Crippen MR) is 98.4 cm³/mol. The molecule has 0 unspecified atom stereocenters. The van der Waals surface area contributed by atoms with Crippen LogP contribution in [0.15, 0.2) is 67.0 Å². The highest BCUT2D eigenvalue weighted by Gasteiger charge is 2.66. The number of amides is 2. The van der Waals surface area contributed by atoms with Crippen LogP contribution in [0.5, 0.6) is 0 Å². The Kier molecular flexibility index (Phi) is 3.62. The maximum atomic E-state index is 13.2. The maximum Gasteiger partial charge on any atom is 0.231 e. The average molecular weight is 361 g/mol. The second kappa shape index (κ2) is 6.03. The van der Waals surface area contributed by atoms with Crippen LogP contribution in [-0.4, -0.2) is 39.9 Å². The number of pyridine rings is 1. The fourth-order valence-electron chi connectivity index (χ4n) is 4.47. The van der Waals surface area contributed by atoms with Crippen LogP contribution in [-0.2, 0) is 20.9 Å². The summed E-state index contributed by atoms with van der Waals surface area (Å²) >= 11 is 0. The molecule has 136 valence electrons. The number of ether oxygens (including phenoxy) is 1. The van der Waals surface area contributed by atoms with Crippen molar-refractivity contribution in [3.8, 4) is 0 Å². The normalized spacial score (nSPS) is 30.6. The van der Waals surface area contributed by atoms with Crippen molar-refractivity contribution in [3.63, 3.8) is 0 Å². The summed E-state index contributed by atoms with van der Waals surface area (Å²) in [5.74, 6) is -1.17. The lowest BCUT2D eigenvalue weighted by molar-refractivity contribution is -0.136. The Morgan fingerprint density at radius 2 is 2.00 bits per heavy atom. The van der Waals surface area contributed by atoms with Crippen LogP contribution in [0.4, 0.5) is 5.69 Å². The molecule has 2 fully saturated rings. The van der Waals surface area contributed by atoms with Crippen molar-refractivity contribution < 1.29 is 14.3 Å². The van der Waals surface area contributed by atoms with E-state index in [1.54, 1.807) is 17.3 Å². The van der Waals surface area contributed by atoms with Crippen LogP contribution < -0.4 is 5.32 Å². The van der Waals surface area contributed by atoms with Crippen molar-refractivity contribution in [2.24, 2.45) is 11.8 Å². The largest absolute Gasteiger partial charge is 0.360 e. The SMILES string of the molecule is O=C(Nc1ccccc1)[C@@H]1[C@H]2C(=O)N(Cc3ccncc3)C[C@]23C=C[C@H]1O3. The first-order valence-electron chi connectivity index (χ1n) is 9.07. The zero-order valence-corrected chi connectivity index (χ0v) is 14.6. The summed E-state index contributed by atoms with van der Waals surface area (Å²) < 4.78 is 6.15. The molecular formula is C21H19N3O3. The molecular weight excluding hydrogens is 342 g/mol. The van der Waals surface area contributed by atoms with Crippen LogP contribution in [0.1, 0.15) is 5.56 Å². The van der Waals surface area contributed by atoms with E-state index in [1.807, 2.05) is 54.6 Å². The van der Waals surface area contributed by atoms with Crippen LogP contribution >= 0.6 is 0 Å². The fraction of sp³-hybridized carbons (Fsp3) is 0.286. The molecule has 1 N–H and O–H groups in total. The molecule has 0 aliphatic carbocycles. The first-order chi connectivity index (χ1) is 13.2. The second-order valence-corrected chi connectivity index (χ2v) is 7.31. The van der Waals surface area contributed by atoms with Gasteiger partial charge in [0.2, 0.25) is 11.8 Å². The molecule has 1 aromatic carbocycles. The molecule has 2 aromatic rings. The van der Waals surface area contributed by atoms with Gasteiger partial charge in [-0.2, -0.15) is 0 Å². The molecule has 27 heavy (non-hydrogen) atoms. The number of hydrogen-bond donors (Lipinski definition) is 1. The smallest absolute Gasteiger partial charge is 0.231 e. The lowest BCUT2D eigenvalue weighted by atomic mass is 9.77. The van der Waals surface area contributed by atoms with Crippen LogP contribution in [0.3, 0.4) is 0 Å². The zero-order valence-electron chi connectivity index (χ0n) is 14.6. The number of fused-ring (bicyclic) bond motifs is 1. The van der Waals surface area contributed by atoms with Crippen LogP contribution in [0.25, 0.3) is 0 Å². The van der Waals surface area contributed by atoms with Crippen molar-refractivity contribution >= 4 is 17.5 Å². The Labute approximate surface area is 156 Å². The minimum Gasteiger partial charge on any atom is -0.360 e. The number of nitrogens with one attached hydrogen (secondary N) is 1. The Hall–Kier alpha value is -2.99. The third-order valence-electron chi connectivity index (χ3n) is 5.65. The third kappa shape index (κ3) is 2.56. The van der Waals surface area contributed by atoms with E-state index in [0.717, 1.165) is 11.3 Å². The predicted octanol–water partition coefficient (Wildman–Crippen LogP) is 2.00. The number of para-hydroxylation sites is 1. The summed E-state index contributed by atoms with van der Waals surface area (Å²) in [6.45, 7) is 0.968. The van der Waals surface area contributed by atoms with Gasteiger partial charge in [-0.1, -0.05) is 30.4 Å². The molecule has 6 nitrogen and oxygen atoms in total. The van der Waals surface area contributed by atoms with E-state index in [4.69, 9.17) is 4.74 Å². The number of likely N-dealkylation sites (tertiary alicyclic amines) is 1. The Balaban J connectivity index is 1.39. The van der Waals surface area contributed by atoms with E-state index >= 15 is 0 Å². The van der Waals surface area contributed by atoms with Gasteiger partial charge in [0.25, 0.3) is 0 Å². The molecule has 1 spiro atoms. The quantitative estimate of drug-likeness (QED) is 0.846. The van der Waals surface area contributed by atoms with Gasteiger partial charge in [0.1, 0.15) is 5.60 Å². The lowest BCUT2D eigenvalue weighted by Gasteiger charge is -2.23. The number of carbonyl (C=O) groups is 2. The molecule has 3 aliphatic rings. The fourth-order valence-corrected chi connectivity index (χ4v) is 4.47. The molecule has 1 aromatic heterocycles. The van der Waals surface area contributed by atoms with Gasteiger partial charge in [-0.05, 0) is 29.8 Å². The summed E-state index contributed by atoms with van der Waals surface area (Å²) in [4.78, 5) is 31.9. The van der Waals surface area contributed by atoms with Gasteiger partial charge in [0.15, 0.2) is 0 Å². The van der Waals surface area contributed by atoms with E-state index in [9.17, 15) is 9.59 Å². The highest BCUT2D eigenvalue weighted by Crippen LogP contribution is 2.52. The van der Waals surface area contributed by atoms with Crippen molar-refractivity contribution in [2.45, 2.75) is 18.2 Å². The summed E-state index contributed by atoms with van der Waals surface area (Å²) in [5.41, 5.74) is 1.05. The maximum absolute atomic E-state index is 13.2. The zero-order chi connectivity index (χ0) is 18.4. The number of hydrogen-bond acceptors (Lipinski definition) is 4. The first kappa shape index (κ1) is 16.2. The Bertz CT molecular complexity index is 915. The summed E-state index contributed by atoms with van der Waals surface area (Å²) in [5, 5.41) is 2.93. The van der Waals surface area contributed by atoms with Gasteiger partial charge in [-0.25, -0.2) is 0 Å². The molecule has 2 bridgehead atoms. The minimum absolute atomic E-state index is 0.0214. The van der Waals surface area contributed by atoms with Crippen LogP contribution in [0, 0.1) is 11.8 Å². The summed E-state index contributed by atoms with van der Waals surface area (Å²) in [7, 11) is 0. The molecule has 0 radical (unpaired) electrons. The molecule has 5 rings (SSSR count). The van der Waals surface area contributed by atoms with E-state index in [-0.39, 0.29) is 17.9 Å².